The first kappa shape index (κ1) is 23.3. The lowest BCUT2D eigenvalue weighted by atomic mass is 9.94. The number of urea groups is 1. The summed E-state index contributed by atoms with van der Waals surface area (Å²) < 4.78 is 25.2. The van der Waals surface area contributed by atoms with E-state index >= 15 is 0 Å². The van der Waals surface area contributed by atoms with Gasteiger partial charge in [0.25, 0.3) is 5.89 Å². The maximum Gasteiger partial charge on any atom is 0.326 e. The Morgan fingerprint density at radius 1 is 1.00 bits per heavy atom. The Hall–Kier alpha value is -4.46. The smallest absolute Gasteiger partial charge is 0.326 e. The van der Waals surface area contributed by atoms with Gasteiger partial charge in [-0.15, -0.1) is 0 Å². The Morgan fingerprint density at radius 2 is 1.81 bits per heavy atom. The van der Waals surface area contributed by atoms with Gasteiger partial charge in [-0.2, -0.15) is 4.98 Å². The Kier molecular flexibility index (Phi) is 6.01. The number of nitrogens with one attached hydrogen (secondary N) is 1. The Balaban J connectivity index is 1.66. The molecule has 7 nitrogen and oxygen atoms in total. The van der Waals surface area contributed by atoms with Crippen molar-refractivity contribution in [2.24, 2.45) is 0 Å². The zero-order valence-electron chi connectivity index (χ0n) is 20.4. The van der Waals surface area contributed by atoms with Gasteiger partial charge in [-0.3, -0.25) is 4.90 Å². The minimum absolute atomic E-state index is 0.230. The molecule has 1 N–H and O–H groups in total. The molecule has 1 atom stereocenters. The lowest BCUT2D eigenvalue weighted by molar-refractivity contribution is 0.244. The summed E-state index contributed by atoms with van der Waals surface area (Å²) in [4.78, 5) is 19.6. The number of allylic oxidation sites excluding steroid dienone is 1. The van der Waals surface area contributed by atoms with Crippen molar-refractivity contribution in [2.75, 3.05) is 12.0 Å². The van der Waals surface area contributed by atoms with Gasteiger partial charge in [-0.1, -0.05) is 35.5 Å². The van der Waals surface area contributed by atoms with E-state index in [0.29, 0.717) is 34.1 Å². The van der Waals surface area contributed by atoms with Crippen LogP contribution in [-0.2, 0) is 0 Å². The van der Waals surface area contributed by atoms with E-state index in [4.69, 9.17) is 9.26 Å². The molecule has 36 heavy (non-hydrogen) atoms. The van der Waals surface area contributed by atoms with Crippen molar-refractivity contribution in [1.82, 2.24) is 15.5 Å². The van der Waals surface area contributed by atoms with Crippen LogP contribution in [0.4, 0.5) is 14.9 Å². The van der Waals surface area contributed by atoms with Gasteiger partial charge in [-0.25, -0.2) is 9.18 Å². The van der Waals surface area contributed by atoms with Gasteiger partial charge in [0, 0.05) is 11.3 Å². The summed E-state index contributed by atoms with van der Waals surface area (Å²) in [5.74, 6) is 0.862. The van der Waals surface area contributed by atoms with Crippen LogP contribution in [-0.4, -0.2) is 23.3 Å². The fourth-order valence-electron chi connectivity index (χ4n) is 4.34. The van der Waals surface area contributed by atoms with Crippen LogP contribution in [0, 0.1) is 19.7 Å². The molecule has 1 aromatic heterocycles. The molecule has 0 radical (unpaired) electrons. The molecule has 5 rings (SSSR count). The largest absolute Gasteiger partial charge is 0.497 e. The third-order valence-electron chi connectivity index (χ3n) is 6.40. The van der Waals surface area contributed by atoms with Gasteiger partial charge in [0.05, 0.1) is 24.4 Å². The van der Waals surface area contributed by atoms with Crippen molar-refractivity contribution in [1.29, 1.82) is 0 Å². The van der Waals surface area contributed by atoms with E-state index < -0.39 is 11.9 Å². The van der Waals surface area contributed by atoms with Crippen molar-refractivity contribution in [3.63, 3.8) is 0 Å². The molecule has 1 aliphatic heterocycles. The number of hydrogen-bond donors (Lipinski definition) is 1. The highest BCUT2D eigenvalue weighted by atomic mass is 19.1. The lowest BCUT2D eigenvalue weighted by Gasteiger charge is -2.35. The molecule has 0 saturated heterocycles. The molecular weight excluding hydrogens is 459 g/mol. The summed E-state index contributed by atoms with van der Waals surface area (Å²) in [7, 11) is 1.59. The number of carbonyl (C=O) groups excluding carboxylic acids is 1. The van der Waals surface area contributed by atoms with E-state index in [0.717, 1.165) is 16.7 Å². The van der Waals surface area contributed by atoms with Crippen LogP contribution in [0.15, 0.2) is 77.0 Å². The van der Waals surface area contributed by atoms with Crippen molar-refractivity contribution in [3.8, 4) is 17.1 Å². The second-order valence-electron chi connectivity index (χ2n) is 8.70. The third kappa shape index (κ3) is 4.22. The average molecular weight is 485 g/mol. The standard InChI is InChI=1S/C28H25FN4O3/c1-16-11-12-22(13-17(16)2)33-18(3)24(25(30-28(33)34)19-7-5-9-21(29)14-19)27-31-26(32-36-27)20-8-6-10-23(15-20)35-4/h5-15,25H,1-4H3,(H,30,34). The number of benzene rings is 3. The van der Waals surface area contributed by atoms with Crippen LogP contribution in [0.2, 0.25) is 0 Å². The highest BCUT2D eigenvalue weighted by molar-refractivity contribution is 6.01. The van der Waals surface area contributed by atoms with Crippen LogP contribution < -0.4 is 15.0 Å². The normalized spacial score (nSPS) is 15.8. The van der Waals surface area contributed by atoms with Crippen LogP contribution in [0.1, 0.15) is 35.5 Å². The van der Waals surface area contributed by atoms with Gasteiger partial charge in [0.2, 0.25) is 5.82 Å². The zero-order chi connectivity index (χ0) is 25.4. The molecule has 1 aliphatic rings. The molecule has 2 heterocycles. The van der Waals surface area contributed by atoms with E-state index in [1.54, 1.807) is 24.1 Å². The molecule has 3 aromatic carbocycles. The third-order valence-corrected chi connectivity index (χ3v) is 6.40. The Morgan fingerprint density at radius 3 is 2.56 bits per heavy atom. The molecule has 0 bridgehead atoms. The van der Waals surface area contributed by atoms with Gasteiger partial charge in [-0.05, 0) is 73.9 Å². The number of aromatic nitrogens is 2. The summed E-state index contributed by atoms with van der Waals surface area (Å²) in [6.07, 6.45) is 0. The first-order valence-electron chi connectivity index (χ1n) is 11.5. The van der Waals surface area contributed by atoms with E-state index in [2.05, 4.69) is 15.5 Å². The number of hydrogen-bond acceptors (Lipinski definition) is 5. The quantitative estimate of drug-likeness (QED) is 0.365. The van der Waals surface area contributed by atoms with Gasteiger partial charge >= 0.3 is 6.03 Å². The predicted molar refractivity (Wildman–Crippen MR) is 135 cm³/mol. The minimum atomic E-state index is -0.686. The highest BCUT2D eigenvalue weighted by Gasteiger charge is 2.36. The lowest BCUT2D eigenvalue weighted by Crippen LogP contribution is -2.46. The van der Waals surface area contributed by atoms with E-state index in [-0.39, 0.29) is 11.9 Å². The molecule has 0 aliphatic carbocycles. The molecular formula is C28H25FN4O3. The first-order chi connectivity index (χ1) is 17.4. The SMILES string of the molecule is COc1cccc(-c2noc(C3=C(C)N(c4ccc(C)c(C)c4)C(=O)NC3c3cccc(F)c3)n2)c1. The monoisotopic (exact) mass is 484 g/mol. The molecule has 4 aromatic rings. The summed E-state index contributed by atoms with van der Waals surface area (Å²) in [6, 6.07) is 18.2. The molecule has 0 fully saturated rings. The van der Waals surface area contributed by atoms with E-state index in [1.807, 2.05) is 63.2 Å². The van der Waals surface area contributed by atoms with Crippen LogP contribution in [0.3, 0.4) is 0 Å². The molecule has 8 heteroatoms. The molecule has 182 valence electrons. The topological polar surface area (TPSA) is 80.5 Å². The molecule has 2 amide bonds. The summed E-state index contributed by atoms with van der Waals surface area (Å²) in [5.41, 5.74) is 5.36. The highest BCUT2D eigenvalue weighted by Crippen LogP contribution is 2.39. The fourth-order valence-corrected chi connectivity index (χ4v) is 4.34. The maximum atomic E-state index is 14.2. The molecule has 0 spiro atoms. The number of nitrogens with zero attached hydrogens (tertiary/aromatic N) is 3. The van der Waals surface area contributed by atoms with Crippen molar-refractivity contribution < 1.29 is 18.4 Å². The number of amides is 2. The summed E-state index contributed by atoms with van der Waals surface area (Å²) >= 11 is 0. The number of carbonyl (C=O) groups is 1. The van der Waals surface area contributed by atoms with Crippen molar-refractivity contribution in [2.45, 2.75) is 26.8 Å². The first-order valence-corrected chi connectivity index (χ1v) is 11.5. The Bertz CT molecular complexity index is 1490. The number of anilines is 1. The van der Waals surface area contributed by atoms with E-state index in [1.165, 1.54) is 12.1 Å². The van der Waals surface area contributed by atoms with Crippen molar-refractivity contribution in [3.05, 3.63) is 101 Å². The molecule has 0 saturated carbocycles. The minimum Gasteiger partial charge on any atom is -0.497 e. The second-order valence-corrected chi connectivity index (χ2v) is 8.70. The Labute approximate surface area is 208 Å². The summed E-state index contributed by atoms with van der Waals surface area (Å²) in [6.45, 7) is 5.83. The number of aryl methyl sites for hydroxylation is 2. The molecule has 1 unspecified atom stereocenters. The number of rotatable bonds is 5. The second kappa shape index (κ2) is 9.30. The number of ether oxygens (including phenoxy) is 1. The fraction of sp³-hybridized carbons (Fsp3) is 0.179. The van der Waals surface area contributed by atoms with Crippen LogP contribution in [0.25, 0.3) is 17.0 Å². The number of halogens is 1. The van der Waals surface area contributed by atoms with Crippen LogP contribution >= 0.6 is 0 Å². The van der Waals surface area contributed by atoms with E-state index in [9.17, 15) is 9.18 Å². The van der Waals surface area contributed by atoms with Gasteiger partial charge < -0.3 is 14.6 Å². The van der Waals surface area contributed by atoms with Gasteiger partial charge in [0.15, 0.2) is 0 Å². The average Bonchev–Trinajstić information content (AvgIpc) is 3.35. The van der Waals surface area contributed by atoms with Crippen LogP contribution in [0.5, 0.6) is 5.75 Å². The maximum absolute atomic E-state index is 14.2. The number of methoxy groups -OCH3 is 1. The summed E-state index contributed by atoms with van der Waals surface area (Å²) in [5, 5.41) is 7.18. The predicted octanol–water partition coefficient (Wildman–Crippen LogP) is 6.20. The zero-order valence-corrected chi connectivity index (χ0v) is 20.4. The van der Waals surface area contributed by atoms with Crippen molar-refractivity contribution >= 4 is 17.3 Å². The van der Waals surface area contributed by atoms with Gasteiger partial charge in [0.1, 0.15) is 11.6 Å².